The molecule has 2 saturated heterocycles. The van der Waals surface area contributed by atoms with E-state index in [-0.39, 0.29) is 12.0 Å². The highest BCUT2D eigenvalue weighted by Gasteiger charge is 2.44. The maximum absolute atomic E-state index is 11.8. The van der Waals surface area contributed by atoms with E-state index in [4.69, 9.17) is 4.74 Å². The number of carbonyl (C=O) groups excluding carboxylic acids is 2. The Morgan fingerprint density at radius 1 is 1.32 bits per heavy atom. The molecule has 3 unspecified atom stereocenters. The lowest BCUT2D eigenvalue weighted by Gasteiger charge is -2.17. The quantitative estimate of drug-likeness (QED) is 0.831. The zero-order valence-corrected chi connectivity index (χ0v) is 10.7. The van der Waals surface area contributed by atoms with E-state index in [0.717, 1.165) is 17.3 Å². The summed E-state index contributed by atoms with van der Waals surface area (Å²) in [4.78, 5) is 24.8. The van der Waals surface area contributed by atoms with Crippen LogP contribution in [0.15, 0.2) is 30.3 Å². The van der Waals surface area contributed by atoms with E-state index in [2.05, 4.69) is 5.32 Å². The monoisotopic (exact) mass is 280 g/mol. The van der Waals surface area contributed by atoms with E-state index in [1.54, 1.807) is 0 Å². The Hall–Kier alpha value is -1.73. The van der Waals surface area contributed by atoms with Gasteiger partial charge in [-0.15, -0.1) is 0 Å². The molecule has 3 rings (SSSR count). The van der Waals surface area contributed by atoms with Crippen molar-refractivity contribution in [1.82, 2.24) is 10.2 Å². The zero-order valence-electron chi connectivity index (χ0n) is 9.85. The molecule has 0 aromatic heterocycles. The molecule has 2 amide bonds. The Labute approximate surface area is 113 Å². The highest BCUT2D eigenvalue weighted by molar-refractivity contribution is 8.01. The fraction of sp³-hybridized carbons (Fsp3) is 0.333. The van der Waals surface area contributed by atoms with E-state index in [0.29, 0.717) is 6.54 Å². The lowest BCUT2D eigenvalue weighted by atomic mass is 10.1. The number of carbonyl (C=O) groups is 2. The van der Waals surface area contributed by atoms with E-state index in [1.807, 2.05) is 30.3 Å². The van der Waals surface area contributed by atoms with Gasteiger partial charge in [0.05, 0.1) is 6.54 Å². The van der Waals surface area contributed by atoms with E-state index in [9.17, 15) is 14.7 Å². The van der Waals surface area contributed by atoms with Crippen LogP contribution < -0.4 is 5.32 Å². The van der Waals surface area contributed by atoms with Gasteiger partial charge in [-0.1, -0.05) is 42.1 Å². The molecule has 19 heavy (non-hydrogen) atoms. The van der Waals surface area contributed by atoms with Gasteiger partial charge in [0, 0.05) is 0 Å². The summed E-state index contributed by atoms with van der Waals surface area (Å²) >= 11 is 0.992. The van der Waals surface area contributed by atoms with E-state index < -0.39 is 17.0 Å². The van der Waals surface area contributed by atoms with Crippen molar-refractivity contribution < 1.29 is 19.4 Å². The number of aliphatic hydroxyl groups excluding tert-OH is 1. The first-order valence-electron chi connectivity index (χ1n) is 5.81. The number of hydrogen-bond acceptors (Lipinski definition) is 5. The van der Waals surface area contributed by atoms with Gasteiger partial charge in [-0.2, -0.15) is 0 Å². The Morgan fingerprint density at radius 3 is 2.68 bits per heavy atom. The predicted molar refractivity (Wildman–Crippen MR) is 67.9 cm³/mol. The smallest absolute Gasteiger partial charge is 0.411 e. The summed E-state index contributed by atoms with van der Waals surface area (Å²) in [6, 6.07) is 9.37. The summed E-state index contributed by atoms with van der Waals surface area (Å²) in [5.74, 6) is -0.372. The fourth-order valence-electron chi connectivity index (χ4n) is 2.14. The molecule has 0 saturated carbocycles. The average molecular weight is 280 g/mol. The number of thioether (sulfide) groups is 1. The summed E-state index contributed by atoms with van der Waals surface area (Å²) in [5, 5.41) is 11.0. The highest BCUT2D eigenvalue weighted by Crippen LogP contribution is 2.33. The molecule has 0 spiro atoms. The van der Waals surface area contributed by atoms with Gasteiger partial charge >= 0.3 is 6.09 Å². The zero-order chi connectivity index (χ0) is 13.4. The molecule has 7 heteroatoms. The number of amides is 2. The van der Waals surface area contributed by atoms with Crippen molar-refractivity contribution in [2.75, 3.05) is 6.54 Å². The molecule has 0 aliphatic carbocycles. The number of rotatable bonds is 2. The van der Waals surface area contributed by atoms with Crippen LogP contribution in [0.25, 0.3) is 0 Å². The Morgan fingerprint density at radius 2 is 2.05 bits per heavy atom. The van der Waals surface area contributed by atoms with Crippen LogP contribution in [0.2, 0.25) is 0 Å². The van der Waals surface area contributed by atoms with Crippen LogP contribution in [0.1, 0.15) is 11.7 Å². The summed E-state index contributed by atoms with van der Waals surface area (Å²) in [6.45, 7) is 0.306. The molecule has 2 fully saturated rings. The molecular weight excluding hydrogens is 268 g/mol. The number of cyclic esters (lactones) is 1. The first-order chi connectivity index (χ1) is 9.15. The third kappa shape index (κ3) is 2.26. The molecule has 6 nitrogen and oxygen atoms in total. The SMILES string of the molecule is O=C1NC(O)SC1N1CC(c2ccccc2)OC1=O. The molecule has 2 N–H and O–H groups in total. The predicted octanol–water partition coefficient (Wildman–Crippen LogP) is 0.645. The van der Waals surface area contributed by atoms with Crippen LogP contribution in [-0.2, 0) is 9.53 Å². The van der Waals surface area contributed by atoms with Gasteiger partial charge in [0.2, 0.25) is 0 Å². The van der Waals surface area contributed by atoms with Crippen molar-refractivity contribution >= 4 is 23.8 Å². The molecule has 1 aromatic rings. The van der Waals surface area contributed by atoms with Gasteiger partial charge in [-0.3, -0.25) is 9.69 Å². The number of nitrogens with one attached hydrogen (secondary N) is 1. The van der Waals surface area contributed by atoms with Gasteiger partial charge in [-0.25, -0.2) is 4.79 Å². The Balaban J connectivity index is 1.76. The molecule has 3 atom stereocenters. The van der Waals surface area contributed by atoms with Crippen LogP contribution in [0, 0.1) is 0 Å². The van der Waals surface area contributed by atoms with Crippen LogP contribution in [0.4, 0.5) is 4.79 Å². The van der Waals surface area contributed by atoms with Gasteiger partial charge in [0.15, 0.2) is 10.9 Å². The number of ether oxygens (including phenoxy) is 1. The largest absolute Gasteiger partial charge is 0.439 e. The minimum Gasteiger partial charge on any atom is -0.439 e. The molecule has 100 valence electrons. The second-order valence-electron chi connectivity index (χ2n) is 4.28. The second kappa shape index (κ2) is 4.75. The minimum atomic E-state index is -0.971. The van der Waals surface area contributed by atoms with E-state index in [1.165, 1.54) is 4.90 Å². The summed E-state index contributed by atoms with van der Waals surface area (Å²) in [5.41, 5.74) is -0.0802. The molecule has 2 heterocycles. The normalized spacial score (nSPS) is 30.4. The topological polar surface area (TPSA) is 78.9 Å². The third-order valence-electron chi connectivity index (χ3n) is 3.04. The van der Waals surface area contributed by atoms with Crippen molar-refractivity contribution in [2.45, 2.75) is 17.0 Å². The number of benzene rings is 1. The first-order valence-corrected chi connectivity index (χ1v) is 6.75. The van der Waals surface area contributed by atoms with Gasteiger partial charge < -0.3 is 15.2 Å². The second-order valence-corrected chi connectivity index (χ2v) is 5.45. The summed E-state index contributed by atoms with van der Waals surface area (Å²) < 4.78 is 5.27. The molecule has 1 aromatic carbocycles. The maximum Gasteiger partial charge on any atom is 0.411 e. The van der Waals surface area contributed by atoms with Crippen LogP contribution in [-0.4, -0.2) is 39.5 Å². The fourth-order valence-corrected chi connectivity index (χ4v) is 3.08. The van der Waals surface area contributed by atoms with Crippen molar-refractivity contribution in [1.29, 1.82) is 0 Å². The Bertz CT molecular complexity index is 510. The Kier molecular flexibility index (Phi) is 3.08. The van der Waals surface area contributed by atoms with Crippen LogP contribution >= 0.6 is 11.8 Å². The van der Waals surface area contributed by atoms with Crippen molar-refractivity contribution in [3.05, 3.63) is 35.9 Å². The van der Waals surface area contributed by atoms with Crippen molar-refractivity contribution in [3.63, 3.8) is 0 Å². The van der Waals surface area contributed by atoms with Crippen molar-refractivity contribution in [3.8, 4) is 0 Å². The van der Waals surface area contributed by atoms with Gasteiger partial charge in [0.1, 0.15) is 6.10 Å². The standard InChI is InChI=1S/C12H12N2O4S/c15-9-10(19-11(16)13-9)14-6-8(18-12(14)17)7-4-2-1-3-5-7/h1-5,8,10-11,16H,6H2,(H,13,15). The van der Waals surface area contributed by atoms with Gasteiger partial charge in [-0.05, 0) is 5.56 Å². The van der Waals surface area contributed by atoms with Crippen LogP contribution in [0.5, 0.6) is 0 Å². The van der Waals surface area contributed by atoms with Crippen molar-refractivity contribution in [2.24, 2.45) is 0 Å². The molecule has 2 aliphatic heterocycles. The van der Waals surface area contributed by atoms with E-state index >= 15 is 0 Å². The minimum absolute atomic E-state index is 0.306. The maximum atomic E-state index is 11.8. The first kappa shape index (κ1) is 12.3. The molecule has 2 aliphatic rings. The lowest BCUT2D eigenvalue weighted by molar-refractivity contribution is -0.123. The summed E-state index contributed by atoms with van der Waals surface area (Å²) in [6.07, 6.45) is -0.907. The van der Waals surface area contributed by atoms with Crippen LogP contribution in [0.3, 0.4) is 0 Å². The summed E-state index contributed by atoms with van der Waals surface area (Å²) in [7, 11) is 0. The lowest BCUT2D eigenvalue weighted by Crippen LogP contribution is -2.40. The molecular formula is C12H12N2O4S. The van der Waals surface area contributed by atoms with Gasteiger partial charge in [0.25, 0.3) is 5.91 Å². The molecule has 0 bridgehead atoms. The average Bonchev–Trinajstić information content (AvgIpc) is 2.93. The number of aliphatic hydroxyl groups is 1. The molecule has 0 radical (unpaired) electrons. The number of nitrogens with zero attached hydrogens (tertiary/aromatic N) is 1. The third-order valence-corrected chi connectivity index (χ3v) is 4.14. The highest BCUT2D eigenvalue weighted by atomic mass is 32.2. The number of hydrogen-bond donors (Lipinski definition) is 2.